The number of nitrogens with one attached hydrogen (secondary N) is 1. The highest BCUT2D eigenvalue weighted by molar-refractivity contribution is 7.99. The fraction of sp³-hybridized carbons (Fsp3) is 0.130. The van der Waals surface area contributed by atoms with Gasteiger partial charge < -0.3 is 5.32 Å². The standard InChI is InChI=1S/C23H21ClN6O3S2/c24-19-5-1-2-6-20(19)30-22(17-4-3-12-26-14-17)28-29-23(30)34-15-21(31)27-13-11-16-7-9-18(10-8-16)35(25,32)33/h1-10,12,14H,11,13,15H2,(H,27,31)(H2,25,32,33). The Morgan fingerprint density at radius 2 is 1.83 bits per heavy atom. The third-order valence-corrected chi connectivity index (χ3v) is 7.14. The third-order valence-electron chi connectivity index (χ3n) is 4.97. The van der Waals surface area contributed by atoms with Crippen molar-refractivity contribution in [1.29, 1.82) is 0 Å². The third kappa shape index (κ3) is 6.25. The number of halogens is 1. The van der Waals surface area contributed by atoms with Crippen LogP contribution in [0.1, 0.15) is 5.56 Å². The molecule has 1 amide bonds. The monoisotopic (exact) mass is 528 g/mol. The minimum Gasteiger partial charge on any atom is -0.355 e. The zero-order chi connectivity index (χ0) is 24.8. The number of amides is 1. The largest absolute Gasteiger partial charge is 0.355 e. The van der Waals surface area contributed by atoms with Gasteiger partial charge in [-0.3, -0.25) is 14.3 Å². The number of thioether (sulfide) groups is 1. The molecule has 0 spiro atoms. The Morgan fingerprint density at radius 1 is 1.06 bits per heavy atom. The summed E-state index contributed by atoms with van der Waals surface area (Å²) in [7, 11) is -3.73. The van der Waals surface area contributed by atoms with Gasteiger partial charge in [-0.1, -0.05) is 47.6 Å². The number of para-hydroxylation sites is 1. The molecule has 0 aliphatic carbocycles. The van der Waals surface area contributed by atoms with Crippen molar-refractivity contribution >= 4 is 39.3 Å². The highest BCUT2D eigenvalue weighted by atomic mass is 35.5. The first-order valence-electron chi connectivity index (χ1n) is 10.4. The van der Waals surface area contributed by atoms with Crippen LogP contribution in [0.5, 0.6) is 0 Å². The van der Waals surface area contributed by atoms with E-state index in [-0.39, 0.29) is 16.6 Å². The first kappa shape index (κ1) is 24.9. The van der Waals surface area contributed by atoms with E-state index in [0.29, 0.717) is 34.7 Å². The number of hydrogen-bond donors (Lipinski definition) is 2. The molecule has 0 saturated heterocycles. The zero-order valence-electron chi connectivity index (χ0n) is 18.3. The summed E-state index contributed by atoms with van der Waals surface area (Å²) in [4.78, 5) is 16.7. The van der Waals surface area contributed by atoms with Crippen LogP contribution < -0.4 is 10.5 Å². The molecule has 0 radical (unpaired) electrons. The highest BCUT2D eigenvalue weighted by Crippen LogP contribution is 2.31. The van der Waals surface area contributed by atoms with E-state index in [1.165, 1.54) is 23.9 Å². The average molecular weight is 529 g/mol. The maximum Gasteiger partial charge on any atom is 0.238 e. The van der Waals surface area contributed by atoms with Crippen LogP contribution in [0.3, 0.4) is 0 Å². The minimum atomic E-state index is -3.73. The van der Waals surface area contributed by atoms with E-state index in [4.69, 9.17) is 16.7 Å². The van der Waals surface area contributed by atoms with Gasteiger partial charge >= 0.3 is 0 Å². The predicted molar refractivity (Wildman–Crippen MR) is 135 cm³/mol. The van der Waals surface area contributed by atoms with Gasteiger partial charge in [0.2, 0.25) is 15.9 Å². The maximum absolute atomic E-state index is 12.5. The number of benzene rings is 2. The fourth-order valence-corrected chi connectivity index (χ4v) is 4.78. The molecule has 9 nitrogen and oxygen atoms in total. The van der Waals surface area contributed by atoms with Gasteiger partial charge in [0, 0.05) is 24.5 Å². The number of hydrogen-bond acceptors (Lipinski definition) is 7. The van der Waals surface area contributed by atoms with Crippen molar-refractivity contribution in [1.82, 2.24) is 25.1 Å². The number of sulfonamides is 1. The number of nitrogens with zero attached hydrogens (tertiary/aromatic N) is 4. The van der Waals surface area contributed by atoms with Crippen molar-refractivity contribution in [3.63, 3.8) is 0 Å². The Labute approximate surface area is 211 Å². The molecule has 12 heteroatoms. The quantitative estimate of drug-likeness (QED) is 0.319. The molecular formula is C23H21ClN6O3S2. The van der Waals surface area contributed by atoms with Crippen molar-refractivity contribution in [2.45, 2.75) is 16.5 Å². The molecule has 180 valence electrons. The van der Waals surface area contributed by atoms with Gasteiger partial charge in [0.1, 0.15) is 0 Å². The predicted octanol–water partition coefficient (Wildman–Crippen LogP) is 3.08. The number of aromatic nitrogens is 4. The average Bonchev–Trinajstić information content (AvgIpc) is 3.27. The molecule has 0 unspecified atom stereocenters. The Balaban J connectivity index is 1.42. The van der Waals surface area contributed by atoms with Crippen LogP contribution in [0.15, 0.2) is 83.1 Å². The van der Waals surface area contributed by atoms with Crippen LogP contribution in [-0.2, 0) is 21.2 Å². The topological polar surface area (TPSA) is 133 Å². The number of primary sulfonamides is 1. The summed E-state index contributed by atoms with van der Waals surface area (Å²) in [5, 5.41) is 17.6. The van der Waals surface area contributed by atoms with Crippen molar-refractivity contribution in [2.24, 2.45) is 5.14 Å². The van der Waals surface area contributed by atoms with E-state index >= 15 is 0 Å². The second-order valence-corrected chi connectivity index (χ2v) is 10.3. The second kappa shape index (κ2) is 11.0. The SMILES string of the molecule is NS(=O)(=O)c1ccc(CCNC(=O)CSc2nnc(-c3cccnc3)n2-c2ccccc2Cl)cc1. The van der Waals surface area contributed by atoms with Crippen LogP contribution in [0.25, 0.3) is 17.1 Å². The summed E-state index contributed by atoms with van der Waals surface area (Å²) < 4.78 is 24.5. The van der Waals surface area contributed by atoms with Crippen LogP contribution in [0, 0.1) is 0 Å². The molecule has 2 aromatic heterocycles. The molecule has 0 fully saturated rings. The maximum atomic E-state index is 12.5. The smallest absolute Gasteiger partial charge is 0.238 e. The minimum absolute atomic E-state index is 0.0509. The van der Waals surface area contributed by atoms with E-state index in [0.717, 1.165) is 11.1 Å². The van der Waals surface area contributed by atoms with E-state index in [9.17, 15) is 13.2 Å². The van der Waals surface area contributed by atoms with Gasteiger partial charge in [0.25, 0.3) is 0 Å². The lowest BCUT2D eigenvalue weighted by molar-refractivity contribution is -0.118. The van der Waals surface area contributed by atoms with Gasteiger partial charge in [-0.2, -0.15) is 0 Å². The molecule has 0 saturated carbocycles. The number of carbonyl (C=O) groups is 1. The Kier molecular flexibility index (Phi) is 7.81. The van der Waals surface area contributed by atoms with E-state index in [1.54, 1.807) is 30.6 Å². The van der Waals surface area contributed by atoms with Crippen LogP contribution in [-0.4, -0.2) is 46.4 Å². The molecule has 4 aromatic rings. The van der Waals surface area contributed by atoms with Gasteiger partial charge in [0.15, 0.2) is 11.0 Å². The fourth-order valence-electron chi connectivity index (χ4n) is 3.27. The number of rotatable bonds is 9. The summed E-state index contributed by atoms with van der Waals surface area (Å²) in [5.41, 5.74) is 2.35. The van der Waals surface area contributed by atoms with Gasteiger partial charge in [-0.15, -0.1) is 10.2 Å². The Hall–Kier alpha value is -3.25. The lowest BCUT2D eigenvalue weighted by Gasteiger charge is -2.12. The number of nitrogens with two attached hydrogens (primary N) is 1. The molecule has 0 aliphatic rings. The first-order valence-corrected chi connectivity index (χ1v) is 13.4. The Morgan fingerprint density at radius 3 is 2.51 bits per heavy atom. The summed E-state index contributed by atoms with van der Waals surface area (Å²) in [6, 6.07) is 17.3. The molecule has 0 bridgehead atoms. The Bertz CT molecular complexity index is 1430. The van der Waals surface area contributed by atoms with Crippen LogP contribution >= 0.6 is 23.4 Å². The molecule has 35 heavy (non-hydrogen) atoms. The lowest BCUT2D eigenvalue weighted by Crippen LogP contribution is -2.27. The van der Waals surface area contributed by atoms with Crippen molar-refractivity contribution in [3.8, 4) is 17.1 Å². The van der Waals surface area contributed by atoms with E-state index in [2.05, 4.69) is 20.5 Å². The van der Waals surface area contributed by atoms with Gasteiger partial charge in [-0.05, 0) is 48.4 Å². The lowest BCUT2D eigenvalue weighted by atomic mass is 10.1. The molecule has 4 rings (SSSR count). The molecule has 3 N–H and O–H groups in total. The van der Waals surface area contributed by atoms with Crippen molar-refractivity contribution < 1.29 is 13.2 Å². The zero-order valence-corrected chi connectivity index (χ0v) is 20.7. The summed E-state index contributed by atoms with van der Waals surface area (Å²) in [5.74, 6) is 0.518. The molecular weight excluding hydrogens is 508 g/mol. The molecule has 0 aliphatic heterocycles. The van der Waals surface area contributed by atoms with Crippen molar-refractivity contribution in [2.75, 3.05) is 12.3 Å². The van der Waals surface area contributed by atoms with Crippen molar-refractivity contribution in [3.05, 3.63) is 83.6 Å². The highest BCUT2D eigenvalue weighted by Gasteiger charge is 2.19. The number of pyridine rings is 1. The van der Waals surface area contributed by atoms with Crippen LogP contribution in [0.2, 0.25) is 5.02 Å². The number of carbonyl (C=O) groups excluding carboxylic acids is 1. The molecule has 2 heterocycles. The second-order valence-electron chi connectivity index (χ2n) is 7.41. The van der Waals surface area contributed by atoms with E-state index in [1.807, 2.05) is 34.9 Å². The summed E-state index contributed by atoms with van der Waals surface area (Å²) in [6.45, 7) is 0.395. The van der Waals surface area contributed by atoms with Gasteiger partial charge in [-0.25, -0.2) is 13.6 Å². The summed E-state index contributed by atoms with van der Waals surface area (Å²) >= 11 is 7.69. The van der Waals surface area contributed by atoms with Gasteiger partial charge in [0.05, 0.1) is 21.4 Å². The first-order chi connectivity index (χ1) is 16.8. The molecule has 2 aromatic carbocycles. The summed E-state index contributed by atoms with van der Waals surface area (Å²) in [6.07, 6.45) is 3.91. The van der Waals surface area contributed by atoms with Crippen LogP contribution in [0.4, 0.5) is 0 Å². The van der Waals surface area contributed by atoms with E-state index < -0.39 is 10.0 Å². The normalized spacial score (nSPS) is 11.4. The molecule has 0 atom stereocenters.